The average molecular weight is 276 g/mol. The van der Waals surface area contributed by atoms with Gasteiger partial charge in [0, 0.05) is 30.9 Å². The molecule has 100 valence electrons. The smallest absolute Gasteiger partial charge is 0.266 e. The van der Waals surface area contributed by atoms with Crippen molar-refractivity contribution < 1.29 is 4.79 Å². The molecule has 1 aromatic heterocycles. The first-order valence-electron chi connectivity index (χ1n) is 6.26. The third-order valence-electron chi connectivity index (χ3n) is 3.19. The van der Waals surface area contributed by atoms with Gasteiger partial charge in [0.2, 0.25) is 0 Å². The number of nitriles is 1. The van der Waals surface area contributed by atoms with Crippen molar-refractivity contribution in [2.24, 2.45) is 5.92 Å². The maximum atomic E-state index is 12.2. The quantitative estimate of drug-likeness (QED) is 0.679. The number of thiazole rings is 1. The van der Waals surface area contributed by atoms with Crippen LogP contribution in [0.15, 0.2) is 23.3 Å². The van der Waals surface area contributed by atoms with E-state index in [2.05, 4.69) is 17.2 Å². The van der Waals surface area contributed by atoms with Gasteiger partial charge in [-0.3, -0.25) is 4.79 Å². The van der Waals surface area contributed by atoms with Crippen molar-refractivity contribution in [1.29, 1.82) is 5.26 Å². The van der Waals surface area contributed by atoms with Gasteiger partial charge in [0.05, 0.1) is 0 Å². The second-order valence-corrected chi connectivity index (χ2v) is 5.52. The maximum absolute atomic E-state index is 12.2. The van der Waals surface area contributed by atoms with E-state index in [0.717, 1.165) is 25.9 Å². The summed E-state index contributed by atoms with van der Waals surface area (Å²) in [4.78, 5) is 18.0. The van der Waals surface area contributed by atoms with Crippen molar-refractivity contribution >= 4 is 22.4 Å². The third-order valence-corrected chi connectivity index (χ3v) is 3.90. The van der Waals surface area contributed by atoms with E-state index in [0.29, 0.717) is 11.0 Å². The minimum Gasteiger partial charge on any atom is -0.338 e. The highest BCUT2D eigenvalue weighted by molar-refractivity contribution is 7.13. The van der Waals surface area contributed by atoms with Gasteiger partial charge in [0.25, 0.3) is 5.91 Å². The molecule has 0 atom stereocenters. The molecule has 1 amide bonds. The summed E-state index contributed by atoms with van der Waals surface area (Å²) >= 11 is 1.42. The molecule has 5 nitrogen and oxygen atoms in total. The zero-order chi connectivity index (χ0) is 13.7. The Balaban J connectivity index is 1.99. The monoisotopic (exact) mass is 276 g/mol. The van der Waals surface area contributed by atoms with Crippen molar-refractivity contribution in [2.45, 2.75) is 19.8 Å². The largest absolute Gasteiger partial charge is 0.338 e. The number of hydrogen-bond donors (Lipinski definition) is 1. The lowest BCUT2D eigenvalue weighted by molar-refractivity contribution is -0.128. The first-order valence-corrected chi connectivity index (χ1v) is 7.14. The molecular weight excluding hydrogens is 260 g/mol. The highest BCUT2D eigenvalue weighted by Crippen LogP contribution is 2.18. The Morgan fingerprint density at radius 3 is 2.95 bits per heavy atom. The van der Waals surface area contributed by atoms with Crippen LogP contribution in [-0.2, 0) is 4.79 Å². The standard InChI is InChI=1S/C13H16N4OS/c1-10-2-5-17(6-3-10)12(18)11(8-14)9-16-13-15-4-7-19-13/h4,7,9-10H,2-3,5-6H2,1H3,(H,15,16)/b11-9-. The van der Waals surface area contributed by atoms with Crippen LogP contribution in [0.3, 0.4) is 0 Å². The number of carbonyl (C=O) groups is 1. The molecule has 0 bridgehead atoms. The molecule has 1 aliphatic rings. The Morgan fingerprint density at radius 2 is 2.37 bits per heavy atom. The van der Waals surface area contributed by atoms with Crippen molar-refractivity contribution in [3.05, 3.63) is 23.3 Å². The zero-order valence-electron chi connectivity index (χ0n) is 10.8. The number of rotatable bonds is 3. The summed E-state index contributed by atoms with van der Waals surface area (Å²) in [5.74, 6) is 0.463. The highest BCUT2D eigenvalue weighted by Gasteiger charge is 2.22. The number of anilines is 1. The lowest BCUT2D eigenvalue weighted by Crippen LogP contribution is -2.38. The van der Waals surface area contributed by atoms with Gasteiger partial charge in [-0.1, -0.05) is 6.92 Å². The normalized spacial score (nSPS) is 17.1. The fraction of sp³-hybridized carbons (Fsp3) is 0.462. The maximum Gasteiger partial charge on any atom is 0.266 e. The van der Waals surface area contributed by atoms with Gasteiger partial charge in [-0.05, 0) is 18.8 Å². The first kappa shape index (κ1) is 13.6. The molecule has 1 fully saturated rings. The van der Waals surface area contributed by atoms with Crippen LogP contribution in [0.1, 0.15) is 19.8 Å². The van der Waals surface area contributed by atoms with E-state index in [9.17, 15) is 4.79 Å². The molecule has 1 aliphatic heterocycles. The Labute approximate surface area is 116 Å². The number of likely N-dealkylation sites (tertiary alicyclic amines) is 1. The number of amides is 1. The van der Waals surface area contributed by atoms with Crippen molar-refractivity contribution in [1.82, 2.24) is 9.88 Å². The molecule has 6 heteroatoms. The number of carbonyl (C=O) groups excluding carboxylic acids is 1. The molecule has 1 aromatic rings. The van der Waals surface area contributed by atoms with Crippen LogP contribution >= 0.6 is 11.3 Å². The van der Waals surface area contributed by atoms with Crippen LogP contribution in [0.2, 0.25) is 0 Å². The van der Waals surface area contributed by atoms with Crippen molar-refractivity contribution in [2.75, 3.05) is 18.4 Å². The summed E-state index contributed by atoms with van der Waals surface area (Å²) in [5, 5.41) is 14.5. The zero-order valence-corrected chi connectivity index (χ0v) is 11.6. The molecule has 1 saturated heterocycles. The van der Waals surface area contributed by atoms with Crippen molar-refractivity contribution in [3.63, 3.8) is 0 Å². The highest BCUT2D eigenvalue weighted by atomic mass is 32.1. The van der Waals surface area contributed by atoms with E-state index >= 15 is 0 Å². The fourth-order valence-corrected chi connectivity index (χ4v) is 2.45. The SMILES string of the molecule is CC1CCN(C(=O)/C(C#N)=C\Nc2nccs2)CC1. The number of hydrogen-bond acceptors (Lipinski definition) is 5. The molecule has 0 radical (unpaired) electrons. The van der Waals surface area contributed by atoms with Gasteiger partial charge in [-0.15, -0.1) is 11.3 Å². The Hall–Kier alpha value is -1.87. The average Bonchev–Trinajstić information content (AvgIpc) is 2.93. The molecule has 0 aliphatic carbocycles. The van der Waals surface area contributed by atoms with E-state index < -0.39 is 0 Å². The van der Waals surface area contributed by atoms with E-state index in [1.165, 1.54) is 17.5 Å². The Bertz CT molecular complexity index is 495. The van der Waals surface area contributed by atoms with Crippen LogP contribution in [0, 0.1) is 17.2 Å². The lowest BCUT2D eigenvalue weighted by Gasteiger charge is -2.30. The van der Waals surface area contributed by atoms with E-state index in [1.807, 2.05) is 11.4 Å². The van der Waals surface area contributed by atoms with Crippen LogP contribution in [0.4, 0.5) is 5.13 Å². The summed E-state index contributed by atoms with van der Waals surface area (Å²) in [6.45, 7) is 3.65. The fourth-order valence-electron chi connectivity index (χ4n) is 1.95. The van der Waals surface area contributed by atoms with Crippen LogP contribution < -0.4 is 5.32 Å². The first-order chi connectivity index (χ1) is 9.20. The van der Waals surface area contributed by atoms with E-state index in [1.54, 1.807) is 11.1 Å². The van der Waals surface area contributed by atoms with Gasteiger partial charge < -0.3 is 10.2 Å². The van der Waals surface area contributed by atoms with Gasteiger partial charge >= 0.3 is 0 Å². The summed E-state index contributed by atoms with van der Waals surface area (Å²) in [6, 6.07) is 1.96. The third kappa shape index (κ3) is 3.55. The number of nitrogens with one attached hydrogen (secondary N) is 1. The van der Waals surface area contributed by atoms with Gasteiger partial charge in [-0.2, -0.15) is 5.26 Å². The molecule has 0 unspecified atom stereocenters. The Morgan fingerprint density at radius 1 is 1.63 bits per heavy atom. The van der Waals surface area contributed by atoms with Gasteiger partial charge in [-0.25, -0.2) is 4.98 Å². The van der Waals surface area contributed by atoms with E-state index in [-0.39, 0.29) is 11.5 Å². The predicted octanol–water partition coefficient (Wildman–Crippen LogP) is 2.22. The van der Waals surface area contributed by atoms with Gasteiger partial charge in [0.15, 0.2) is 5.13 Å². The summed E-state index contributed by atoms with van der Waals surface area (Å²) in [7, 11) is 0. The summed E-state index contributed by atoms with van der Waals surface area (Å²) in [6.07, 6.45) is 5.12. The van der Waals surface area contributed by atoms with Gasteiger partial charge in [0.1, 0.15) is 11.6 Å². The number of aromatic nitrogens is 1. The second-order valence-electron chi connectivity index (χ2n) is 4.63. The molecule has 0 spiro atoms. The summed E-state index contributed by atoms with van der Waals surface area (Å²) < 4.78 is 0. The molecule has 2 rings (SSSR count). The topological polar surface area (TPSA) is 69.0 Å². The van der Waals surface area contributed by atoms with Crippen molar-refractivity contribution in [3.8, 4) is 6.07 Å². The summed E-state index contributed by atoms with van der Waals surface area (Å²) in [5.41, 5.74) is 0.129. The molecule has 0 saturated carbocycles. The van der Waals surface area contributed by atoms with Crippen LogP contribution in [0.25, 0.3) is 0 Å². The number of nitrogens with zero attached hydrogens (tertiary/aromatic N) is 3. The second kappa shape index (κ2) is 6.34. The lowest BCUT2D eigenvalue weighted by atomic mass is 9.99. The molecule has 2 heterocycles. The predicted molar refractivity (Wildman–Crippen MR) is 74.4 cm³/mol. The van der Waals surface area contributed by atoms with Crippen LogP contribution in [0.5, 0.6) is 0 Å². The minimum atomic E-state index is -0.196. The Kier molecular flexibility index (Phi) is 4.53. The molecule has 0 aromatic carbocycles. The van der Waals surface area contributed by atoms with Crippen LogP contribution in [-0.4, -0.2) is 28.9 Å². The molecule has 19 heavy (non-hydrogen) atoms. The number of piperidine rings is 1. The molecular formula is C13H16N4OS. The minimum absolute atomic E-state index is 0.129. The molecule has 1 N–H and O–H groups in total. The van der Waals surface area contributed by atoms with E-state index in [4.69, 9.17) is 5.26 Å².